The molecule has 0 saturated heterocycles. The van der Waals surface area contributed by atoms with Crippen LogP contribution in [0.15, 0.2) is 59.9 Å². The van der Waals surface area contributed by atoms with E-state index < -0.39 is 0 Å². The summed E-state index contributed by atoms with van der Waals surface area (Å²) in [4.78, 5) is 28.3. The van der Waals surface area contributed by atoms with Crippen molar-refractivity contribution in [3.63, 3.8) is 0 Å². The number of Topliss-reactive ketones (excluding diaryl/α,β-unsaturated/α-hetero) is 2. The third-order valence-electron chi connectivity index (χ3n) is 5.80. The molecular formula is C25H28N2O2. The Labute approximate surface area is 172 Å². The normalized spacial score (nSPS) is 17.5. The first-order chi connectivity index (χ1) is 14.2. The molecule has 0 spiro atoms. The summed E-state index contributed by atoms with van der Waals surface area (Å²) in [5.74, 6) is -0.159. The van der Waals surface area contributed by atoms with Gasteiger partial charge in [0.15, 0.2) is 0 Å². The number of fused-ring (bicyclic) bond motifs is 2. The number of anilines is 2. The summed E-state index contributed by atoms with van der Waals surface area (Å²) in [5.41, 5.74) is 3.92. The molecule has 150 valence electrons. The van der Waals surface area contributed by atoms with Gasteiger partial charge in [-0.15, -0.1) is 0 Å². The van der Waals surface area contributed by atoms with Crippen molar-refractivity contribution in [3.05, 3.63) is 71.1 Å². The SMILES string of the molecule is CCCCCCCCCN1/C(=C2/Nc3ccccc3C2=O)C(=O)c2ccccc21. The molecule has 4 rings (SSSR count). The van der Waals surface area contributed by atoms with Gasteiger partial charge in [0.2, 0.25) is 11.6 Å². The minimum absolute atomic E-state index is 0.0628. The standard InChI is InChI=1S/C25H28N2O2/c1-2-3-4-5-6-7-12-17-27-21-16-11-9-14-19(21)25(29)23(27)22-24(28)18-13-8-10-15-20(18)26-22/h8-11,13-16,26H,2-7,12,17H2,1H3/b23-22+. The van der Waals surface area contributed by atoms with Crippen LogP contribution in [0.2, 0.25) is 0 Å². The first-order valence-electron chi connectivity index (χ1n) is 10.8. The van der Waals surface area contributed by atoms with Gasteiger partial charge in [0.05, 0.1) is 5.69 Å². The van der Waals surface area contributed by atoms with Gasteiger partial charge >= 0.3 is 0 Å². The summed E-state index contributed by atoms with van der Waals surface area (Å²) in [7, 11) is 0. The van der Waals surface area contributed by atoms with E-state index in [0.29, 0.717) is 22.5 Å². The number of ketones is 2. The van der Waals surface area contributed by atoms with Crippen molar-refractivity contribution in [2.45, 2.75) is 51.9 Å². The van der Waals surface area contributed by atoms with E-state index in [-0.39, 0.29) is 11.6 Å². The quantitative estimate of drug-likeness (QED) is 0.448. The number of hydrogen-bond acceptors (Lipinski definition) is 4. The van der Waals surface area contributed by atoms with Crippen LogP contribution in [0.4, 0.5) is 11.4 Å². The maximum atomic E-state index is 13.2. The van der Waals surface area contributed by atoms with Crippen LogP contribution in [-0.2, 0) is 0 Å². The molecule has 0 aromatic heterocycles. The highest BCUT2D eigenvalue weighted by Crippen LogP contribution is 2.39. The van der Waals surface area contributed by atoms with Gasteiger partial charge in [0.25, 0.3) is 0 Å². The number of carbonyl (C=O) groups is 2. The van der Waals surface area contributed by atoms with E-state index in [1.54, 1.807) is 0 Å². The predicted molar refractivity (Wildman–Crippen MR) is 118 cm³/mol. The fourth-order valence-corrected chi connectivity index (χ4v) is 4.26. The molecule has 0 saturated carbocycles. The van der Waals surface area contributed by atoms with Gasteiger partial charge in [-0.25, -0.2) is 0 Å². The lowest BCUT2D eigenvalue weighted by Gasteiger charge is -2.21. The third-order valence-corrected chi connectivity index (χ3v) is 5.80. The van der Waals surface area contributed by atoms with Crippen molar-refractivity contribution in [2.75, 3.05) is 16.8 Å². The summed E-state index contributed by atoms with van der Waals surface area (Å²) in [5, 5.41) is 3.21. The number of rotatable bonds is 8. The molecule has 0 aliphatic carbocycles. The van der Waals surface area contributed by atoms with Gasteiger partial charge in [-0.3, -0.25) is 9.59 Å². The molecular weight excluding hydrogens is 360 g/mol. The van der Waals surface area contributed by atoms with Crippen LogP contribution in [0.3, 0.4) is 0 Å². The van der Waals surface area contributed by atoms with Gasteiger partial charge in [-0.2, -0.15) is 0 Å². The average molecular weight is 389 g/mol. The van der Waals surface area contributed by atoms with Crippen molar-refractivity contribution < 1.29 is 9.59 Å². The first kappa shape index (κ1) is 19.4. The van der Waals surface area contributed by atoms with E-state index in [1.165, 1.54) is 32.1 Å². The van der Waals surface area contributed by atoms with Crippen LogP contribution >= 0.6 is 0 Å². The minimum atomic E-state index is -0.0960. The summed E-state index contributed by atoms with van der Waals surface area (Å²) in [6.45, 7) is 2.98. The molecule has 0 radical (unpaired) electrons. The largest absolute Gasteiger partial charge is 0.350 e. The average Bonchev–Trinajstić information content (AvgIpc) is 3.22. The molecule has 0 fully saturated rings. The molecule has 4 heteroatoms. The number of nitrogens with one attached hydrogen (secondary N) is 1. The van der Waals surface area contributed by atoms with Crippen molar-refractivity contribution in [1.29, 1.82) is 0 Å². The lowest BCUT2D eigenvalue weighted by molar-refractivity contribution is 0.101. The topological polar surface area (TPSA) is 49.4 Å². The Hall–Kier alpha value is -2.88. The highest BCUT2D eigenvalue weighted by atomic mass is 16.1. The van der Waals surface area contributed by atoms with Crippen LogP contribution < -0.4 is 10.2 Å². The minimum Gasteiger partial charge on any atom is -0.350 e. The zero-order valence-electron chi connectivity index (χ0n) is 17.0. The fourth-order valence-electron chi connectivity index (χ4n) is 4.26. The van der Waals surface area contributed by atoms with Gasteiger partial charge in [-0.1, -0.05) is 69.7 Å². The lowest BCUT2D eigenvalue weighted by atomic mass is 10.1. The number of allylic oxidation sites excluding steroid dienone is 2. The van der Waals surface area contributed by atoms with E-state index in [9.17, 15) is 9.59 Å². The second-order valence-corrected chi connectivity index (χ2v) is 7.84. The monoisotopic (exact) mass is 388 g/mol. The molecule has 0 unspecified atom stereocenters. The Morgan fingerprint density at radius 3 is 2.17 bits per heavy atom. The van der Waals surface area contributed by atoms with E-state index in [1.807, 2.05) is 48.5 Å². The number of benzene rings is 2. The molecule has 1 N–H and O–H groups in total. The van der Waals surface area contributed by atoms with Crippen molar-refractivity contribution in [1.82, 2.24) is 0 Å². The molecule has 0 atom stereocenters. The van der Waals surface area contributed by atoms with Gasteiger partial charge in [-0.05, 0) is 30.7 Å². The number of hydrogen-bond donors (Lipinski definition) is 1. The number of para-hydroxylation sites is 2. The third kappa shape index (κ3) is 3.71. The molecule has 2 aromatic carbocycles. The molecule has 0 bridgehead atoms. The second kappa shape index (κ2) is 8.64. The van der Waals surface area contributed by atoms with E-state index in [4.69, 9.17) is 0 Å². The smallest absolute Gasteiger partial charge is 0.213 e. The Balaban J connectivity index is 1.56. The van der Waals surface area contributed by atoms with Crippen LogP contribution in [0.1, 0.15) is 72.6 Å². The Morgan fingerprint density at radius 2 is 1.41 bits per heavy atom. The van der Waals surface area contributed by atoms with Crippen LogP contribution in [0.5, 0.6) is 0 Å². The number of nitrogens with zero attached hydrogens (tertiary/aromatic N) is 1. The van der Waals surface area contributed by atoms with E-state index >= 15 is 0 Å². The number of carbonyl (C=O) groups excluding carboxylic acids is 2. The second-order valence-electron chi connectivity index (χ2n) is 7.84. The Bertz CT molecular complexity index is 961. The zero-order chi connectivity index (χ0) is 20.2. The van der Waals surface area contributed by atoms with Gasteiger partial charge in [0, 0.05) is 23.4 Å². The molecule has 2 heterocycles. The fraction of sp³-hybridized carbons (Fsp3) is 0.360. The lowest BCUT2D eigenvalue weighted by Crippen LogP contribution is -2.26. The summed E-state index contributed by atoms with van der Waals surface area (Å²) < 4.78 is 0. The summed E-state index contributed by atoms with van der Waals surface area (Å²) in [6, 6.07) is 15.1. The van der Waals surface area contributed by atoms with E-state index in [0.717, 1.165) is 30.8 Å². The molecule has 2 aromatic rings. The maximum absolute atomic E-state index is 13.2. The molecule has 2 aliphatic heterocycles. The van der Waals surface area contributed by atoms with Gasteiger partial charge < -0.3 is 10.2 Å². The Morgan fingerprint density at radius 1 is 0.759 bits per heavy atom. The molecule has 29 heavy (non-hydrogen) atoms. The zero-order valence-corrected chi connectivity index (χ0v) is 17.0. The highest BCUT2D eigenvalue weighted by Gasteiger charge is 2.38. The summed E-state index contributed by atoms with van der Waals surface area (Å²) >= 11 is 0. The first-order valence-corrected chi connectivity index (χ1v) is 10.8. The van der Waals surface area contributed by atoms with Crippen molar-refractivity contribution >= 4 is 22.9 Å². The molecule has 0 amide bonds. The number of unbranched alkanes of at least 4 members (excludes halogenated alkanes) is 6. The van der Waals surface area contributed by atoms with Crippen molar-refractivity contribution in [3.8, 4) is 0 Å². The van der Waals surface area contributed by atoms with Gasteiger partial charge in [0.1, 0.15) is 11.4 Å². The van der Waals surface area contributed by atoms with E-state index in [2.05, 4.69) is 17.1 Å². The molecule has 4 nitrogen and oxygen atoms in total. The van der Waals surface area contributed by atoms with Crippen LogP contribution in [0, 0.1) is 0 Å². The highest BCUT2D eigenvalue weighted by molar-refractivity contribution is 6.27. The summed E-state index contributed by atoms with van der Waals surface area (Å²) in [6.07, 6.45) is 8.50. The van der Waals surface area contributed by atoms with Crippen LogP contribution in [0.25, 0.3) is 0 Å². The predicted octanol–water partition coefficient (Wildman–Crippen LogP) is 5.96. The Kier molecular flexibility index (Phi) is 5.79. The maximum Gasteiger partial charge on any atom is 0.213 e. The van der Waals surface area contributed by atoms with Crippen molar-refractivity contribution in [2.24, 2.45) is 0 Å². The van der Waals surface area contributed by atoms with Crippen LogP contribution in [-0.4, -0.2) is 18.1 Å². The molecule has 2 aliphatic rings.